The number of carbonyl (C=O) groups excluding carboxylic acids is 4. The lowest BCUT2D eigenvalue weighted by Gasteiger charge is -2.09. The van der Waals surface area contributed by atoms with E-state index in [0.29, 0.717) is 22.6 Å². The van der Waals surface area contributed by atoms with Crippen molar-refractivity contribution in [3.8, 4) is 23.0 Å². The molecule has 49 heavy (non-hydrogen) atoms. The van der Waals surface area contributed by atoms with Crippen LogP contribution in [0.15, 0.2) is 132 Å². The van der Waals surface area contributed by atoms with Crippen molar-refractivity contribution in [2.75, 3.05) is 13.6 Å². The van der Waals surface area contributed by atoms with E-state index in [1.807, 2.05) is 0 Å². The Kier molecular flexibility index (Phi) is 12.4. The van der Waals surface area contributed by atoms with Gasteiger partial charge in [0.1, 0.15) is 23.0 Å². The highest BCUT2D eigenvalue weighted by Crippen LogP contribution is 2.25. The van der Waals surface area contributed by atoms with Crippen LogP contribution < -0.4 is 18.9 Å². The Morgan fingerprint density at radius 3 is 1.16 bits per heavy atom. The molecule has 0 bridgehead atoms. The molecule has 0 heterocycles. The van der Waals surface area contributed by atoms with Crippen molar-refractivity contribution in [1.29, 1.82) is 0 Å². The summed E-state index contributed by atoms with van der Waals surface area (Å²) in [6, 6.07) is 23.8. The molecule has 0 aliphatic carbocycles. The first-order valence-corrected chi connectivity index (χ1v) is 15.9. The molecule has 0 saturated heterocycles. The molecule has 12 nitrogen and oxygen atoms in total. The molecule has 0 fully saturated rings. The van der Waals surface area contributed by atoms with Gasteiger partial charge < -0.3 is 28.4 Å². The summed E-state index contributed by atoms with van der Waals surface area (Å²) in [6.07, 6.45) is 1.93. The molecule has 0 aliphatic rings. The molecule has 252 valence electrons. The molecule has 0 aromatic heterocycles. The minimum absolute atomic E-state index is 0.0299. The van der Waals surface area contributed by atoms with Gasteiger partial charge in [-0.2, -0.15) is 0 Å². The highest BCUT2D eigenvalue weighted by Gasteiger charge is 2.19. The summed E-state index contributed by atoms with van der Waals surface area (Å²) in [5.74, 6) is -1.18. The first-order valence-electron chi connectivity index (χ1n) is 14.4. The van der Waals surface area contributed by atoms with Gasteiger partial charge in [-0.25, -0.2) is 18.0 Å². The van der Waals surface area contributed by atoms with Gasteiger partial charge in [0, 0.05) is 12.2 Å². The van der Waals surface area contributed by atoms with Gasteiger partial charge in [0.15, 0.2) is 0 Å². The molecule has 0 unspecified atom stereocenters. The van der Waals surface area contributed by atoms with Crippen molar-refractivity contribution in [2.24, 2.45) is 0 Å². The smallest absolute Gasteiger partial charge is 0.333 e. The van der Waals surface area contributed by atoms with Crippen molar-refractivity contribution in [3.63, 3.8) is 0 Å². The molecule has 0 aliphatic heterocycles. The van der Waals surface area contributed by atoms with E-state index in [-0.39, 0.29) is 47.7 Å². The lowest BCUT2D eigenvalue weighted by molar-refractivity contribution is -0.145. The molecular formula is C36H30O12S. The fourth-order valence-electron chi connectivity index (χ4n) is 4.01. The predicted octanol–water partition coefficient (Wildman–Crippen LogP) is 4.95. The van der Waals surface area contributed by atoms with Crippen molar-refractivity contribution < 1.29 is 56.0 Å². The predicted molar refractivity (Wildman–Crippen MR) is 173 cm³/mol. The molecule has 4 aromatic carbocycles. The van der Waals surface area contributed by atoms with Crippen LogP contribution in [-0.4, -0.2) is 45.9 Å². The Balaban J connectivity index is 1.25. The highest BCUT2D eigenvalue weighted by atomic mass is 32.2. The largest absolute Gasteiger partial charge is 0.457 e. The summed E-state index contributed by atoms with van der Waals surface area (Å²) in [6.45, 7) is 6.01. The Labute approximate surface area is 282 Å². The Hall–Kier alpha value is -6.21. The second-order valence-corrected chi connectivity index (χ2v) is 11.8. The van der Waals surface area contributed by atoms with Crippen LogP contribution in [0.2, 0.25) is 0 Å². The lowest BCUT2D eigenvalue weighted by Crippen LogP contribution is -2.12. The van der Waals surface area contributed by atoms with Crippen molar-refractivity contribution in [2.45, 2.75) is 22.6 Å². The maximum Gasteiger partial charge on any atom is 0.333 e. The average molecular weight is 687 g/mol. The second kappa shape index (κ2) is 17.1. The third kappa shape index (κ3) is 10.9. The fourth-order valence-corrected chi connectivity index (χ4v) is 5.28. The van der Waals surface area contributed by atoms with E-state index in [4.69, 9.17) is 28.4 Å². The molecule has 0 saturated carbocycles. The van der Waals surface area contributed by atoms with Crippen LogP contribution in [0.5, 0.6) is 23.0 Å². The summed E-state index contributed by atoms with van der Waals surface area (Å²) in [4.78, 5) is 46.9. The minimum Gasteiger partial charge on any atom is -0.457 e. The summed E-state index contributed by atoms with van der Waals surface area (Å²) in [7, 11) is -3.93. The Bertz CT molecular complexity index is 1760. The van der Waals surface area contributed by atoms with E-state index in [1.165, 1.54) is 48.5 Å². The Morgan fingerprint density at radius 1 is 0.510 bits per heavy atom. The quantitative estimate of drug-likeness (QED) is 0.0677. The number of ether oxygens (including phenoxy) is 6. The fraction of sp³-hybridized carbons (Fsp3) is 0.111. The SMILES string of the molecule is C=CC(=O)OCOc1ccc(CC(=O)Oc2ccc(S(=O)(=O)c3ccc(OC(=O)Cc4ccc(OCOC(=O)C=C)cc4)cc3)cc2)cc1. The normalized spacial score (nSPS) is 10.6. The third-order valence-electron chi connectivity index (χ3n) is 6.46. The maximum absolute atomic E-state index is 13.2. The van der Waals surface area contributed by atoms with Crippen molar-refractivity contribution >= 4 is 33.7 Å². The van der Waals surface area contributed by atoms with Crippen LogP contribution in [0.25, 0.3) is 0 Å². The van der Waals surface area contributed by atoms with Gasteiger partial charge in [0.2, 0.25) is 23.4 Å². The number of sulfone groups is 1. The molecule has 0 amide bonds. The summed E-state index contributed by atoms with van der Waals surface area (Å²) in [5, 5.41) is 0. The number of hydrogen-bond acceptors (Lipinski definition) is 12. The molecule has 4 aromatic rings. The zero-order chi connectivity index (χ0) is 35.2. The number of rotatable bonds is 16. The summed E-state index contributed by atoms with van der Waals surface area (Å²) >= 11 is 0. The number of carbonyl (C=O) groups is 4. The van der Waals surface area contributed by atoms with Crippen LogP contribution >= 0.6 is 0 Å². The van der Waals surface area contributed by atoms with Gasteiger partial charge >= 0.3 is 23.9 Å². The number of hydrogen-bond donors (Lipinski definition) is 0. The summed E-state index contributed by atoms with van der Waals surface area (Å²) in [5.41, 5.74) is 1.28. The standard InChI is InChI=1S/C36H30O12S/c1-3-33(37)45-23-43-27-9-5-25(6-10-27)21-35(39)47-29-13-17-31(18-14-29)49(41,42)32-19-15-30(16-20-32)48-36(40)22-26-7-11-28(12-8-26)44-24-46-34(38)4-2/h3-20H,1-2,21-24H2. The average Bonchev–Trinajstić information content (AvgIpc) is 3.10. The topological polar surface area (TPSA) is 158 Å². The van der Waals surface area contributed by atoms with Crippen LogP contribution in [0.1, 0.15) is 11.1 Å². The van der Waals surface area contributed by atoms with E-state index in [9.17, 15) is 27.6 Å². The molecule has 13 heteroatoms. The van der Waals surface area contributed by atoms with Crippen molar-refractivity contribution in [1.82, 2.24) is 0 Å². The van der Waals surface area contributed by atoms with E-state index in [0.717, 1.165) is 12.2 Å². The van der Waals surface area contributed by atoms with Crippen molar-refractivity contribution in [3.05, 3.63) is 133 Å². The molecule has 0 radical (unpaired) electrons. The first-order chi connectivity index (χ1) is 23.5. The third-order valence-corrected chi connectivity index (χ3v) is 8.25. The molecule has 4 rings (SSSR count). The monoisotopic (exact) mass is 686 g/mol. The molecule has 0 spiro atoms. The van der Waals surface area contributed by atoms with E-state index in [1.54, 1.807) is 48.5 Å². The molecule has 0 N–H and O–H groups in total. The summed E-state index contributed by atoms with van der Waals surface area (Å²) < 4.78 is 57.1. The van der Waals surface area contributed by atoms with Gasteiger partial charge in [0.25, 0.3) is 0 Å². The van der Waals surface area contributed by atoms with Gasteiger partial charge in [0.05, 0.1) is 22.6 Å². The van der Waals surface area contributed by atoms with Crippen LogP contribution in [0.3, 0.4) is 0 Å². The second-order valence-electron chi connectivity index (χ2n) is 9.90. The minimum atomic E-state index is -3.93. The van der Waals surface area contributed by atoms with Crippen LogP contribution in [0, 0.1) is 0 Å². The first kappa shape index (κ1) is 35.6. The number of esters is 4. The molecule has 0 atom stereocenters. The van der Waals surface area contributed by atoms with Gasteiger partial charge in [-0.3, -0.25) is 9.59 Å². The van der Waals surface area contributed by atoms with E-state index >= 15 is 0 Å². The van der Waals surface area contributed by atoms with Gasteiger partial charge in [-0.15, -0.1) is 0 Å². The Morgan fingerprint density at radius 2 is 0.837 bits per heavy atom. The van der Waals surface area contributed by atoms with Gasteiger partial charge in [-0.1, -0.05) is 37.4 Å². The highest BCUT2D eigenvalue weighted by molar-refractivity contribution is 7.91. The zero-order valence-electron chi connectivity index (χ0n) is 25.9. The lowest BCUT2D eigenvalue weighted by atomic mass is 10.1. The van der Waals surface area contributed by atoms with E-state index < -0.39 is 33.7 Å². The van der Waals surface area contributed by atoms with E-state index in [2.05, 4.69) is 13.2 Å². The zero-order valence-corrected chi connectivity index (χ0v) is 26.8. The number of benzene rings is 4. The maximum atomic E-state index is 13.2. The van der Waals surface area contributed by atoms with Crippen LogP contribution in [0.4, 0.5) is 0 Å². The van der Waals surface area contributed by atoms with Gasteiger partial charge in [-0.05, 0) is 83.9 Å². The van der Waals surface area contributed by atoms with Crippen LogP contribution in [-0.2, 0) is 51.3 Å². The molecular weight excluding hydrogens is 656 g/mol.